The number of ether oxygens (including phenoxy) is 1. The van der Waals surface area contributed by atoms with Gasteiger partial charge in [0.2, 0.25) is 0 Å². The molecule has 1 heterocycles. The van der Waals surface area contributed by atoms with Crippen LogP contribution in [0.2, 0.25) is 0 Å². The van der Waals surface area contributed by atoms with Crippen molar-refractivity contribution in [1.29, 1.82) is 0 Å². The molecule has 0 saturated carbocycles. The lowest BCUT2D eigenvalue weighted by Crippen LogP contribution is -2.18. The fraction of sp³-hybridized carbons (Fsp3) is 0.471. The van der Waals surface area contributed by atoms with Crippen LogP contribution in [0.15, 0.2) is 18.2 Å². The van der Waals surface area contributed by atoms with Gasteiger partial charge in [-0.3, -0.25) is 4.68 Å². The predicted octanol–water partition coefficient (Wildman–Crippen LogP) is 2.75. The van der Waals surface area contributed by atoms with E-state index in [0.29, 0.717) is 0 Å². The van der Waals surface area contributed by atoms with Crippen molar-refractivity contribution in [3.8, 4) is 5.75 Å². The zero-order valence-electron chi connectivity index (χ0n) is 13.6. The van der Waals surface area contributed by atoms with Crippen molar-refractivity contribution >= 4 is 0 Å². The molecule has 1 unspecified atom stereocenters. The van der Waals surface area contributed by atoms with Gasteiger partial charge in [0, 0.05) is 17.3 Å². The quantitative estimate of drug-likeness (QED) is 0.920. The summed E-state index contributed by atoms with van der Waals surface area (Å²) in [5.41, 5.74) is 11.8. The third kappa shape index (κ3) is 3.45. The summed E-state index contributed by atoms with van der Waals surface area (Å²) in [5, 5.41) is 4.67. The third-order valence-corrected chi connectivity index (χ3v) is 3.81. The first-order chi connectivity index (χ1) is 9.92. The molecule has 4 heteroatoms. The second-order valence-corrected chi connectivity index (χ2v) is 5.80. The minimum atomic E-state index is 0.147. The molecule has 0 amide bonds. The van der Waals surface area contributed by atoms with E-state index < -0.39 is 0 Å². The summed E-state index contributed by atoms with van der Waals surface area (Å²) in [6, 6.07) is 6.37. The van der Waals surface area contributed by atoms with Crippen LogP contribution in [0.1, 0.15) is 35.0 Å². The first-order valence-electron chi connectivity index (χ1n) is 7.34. The van der Waals surface area contributed by atoms with Gasteiger partial charge < -0.3 is 10.5 Å². The van der Waals surface area contributed by atoms with Crippen molar-refractivity contribution in [2.75, 3.05) is 7.11 Å². The highest BCUT2D eigenvalue weighted by molar-refractivity contribution is 5.37. The summed E-state index contributed by atoms with van der Waals surface area (Å²) in [5.74, 6) is 0.905. The van der Waals surface area contributed by atoms with Gasteiger partial charge in [0.15, 0.2) is 0 Å². The topological polar surface area (TPSA) is 53.1 Å². The van der Waals surface area contributed by atoms with Crippen LogP contribution in [0.4, 0.5) is 0 Å². The van der Waals surface area contributed by atoms with E-state index in [1.165, 1.54) is 16.8 Å². The first kappa shape index (κ1) is 15.6. The molecule has 0 saturated heterocycles. The zero-order chi connectivity index (χ0) is 15.6. The number of hydrogen-bond donors (Lipinski definition) is 1. The standard InChI is InChI=1S/C17H25N3O/c1-11-6-7-17(21-5)15(8-11)10-20-14(4)16(9-12(2)18)13(3)19-20/h6-8,12H,9-10,18H2,1-5H3. The molecule has 2 aromatic rings. The average molecular weight is 287 g/mol. The predicted molar refractivity (Wildman–Crippen MR) is 85.9 cm³/mol. The van der Waals surface area contributed by atoms with E-state index in [1.807, 2.05) is 17.7 Å². The molecule has 0 aliphatic carbocycles. The largest absolute Gasteiger partial charge is 0.496 e. The molecule has 21 heavy (non-hydrogen) atoms. The minimum absolute atomic E-state index is 0.147. The number of methoxy groups -OCH3 is 1. The average Bonchev–Trinajstić information content (AvgIpc) is 2.66. The Balaban J connectivity index is 2.34. The van der Waals surface area contributed by atoms with Crippen LogP contribution < -0.4 is 10.5 Å². The van der Waals surface area contributed by atoms with Crippen LogP contribution >= 0.6 is 0 Å². The van der Waals surface area contributed by atoms with E-state index in [2.05, 4.69) is 38.0 Å². The van der Waals surface area contributed by atoms with Gasteiger partial charge in [-0.05, 0) is 45.7 Å². The lowest BCUT2D eigenvalue weighted by atomic mass is 10.1. The smallest absolute Gasteiger partial charge is 0.123 e. The Hall–Kier alpha value is -1.81. The second-order valence-electron chi connectivity index (χ2n) is 5.80. The van der Waals surface area contributed by atoms with Crippen molar-refractivity contribution in [2.24, 2.45) is 5.73 Å². The van der Waals surface area contributed by atoms with Gasteiger partial charge in [0.25, 0.3) is 0 Å². The van der Waals surface area contributed by atoms with E-state index in [9.17, 15) is 0 Å². The van der Waals surface area contributed by atoms with Crippen molar-refractivity contribution in [2.45, 2.75) is 46.7 Å². The summed E-state index contributed by atoms with van der Waals surface area (Å²) in [6.07, 6.45) is 0.864. The molecule has 0 aliphatic rings. The molecular formula is C17H25N3O. The molecule has 0 spiro atoms. The maximum Gasteiger partial charge on any atom is 0.123 e. The maximum absolute atomic E-state index is 5.93. The molecule has 1 aromatic carbocycles. The van der Waals surface area contributed by atoms with Crippen molar-refractivity contribution in [3.05, 3.63) is 46.3 Å². The summed E-state index contributed by atoms with van der Waals surface area (Å²) < 4.78 is 7.50. The number of aryl methyl sites for hydroxylation is 2. The number of rotatable bonds is 5. The number of aromatic nitrogens is 2. The zero-order valence-corrected chi connectivity index (χ0v) is 13.6. The highest BCUT2D eigenvalue weighted by Gasteiger charge is 2.14. The van der Waals surface area contributed by atoms with Gasteiger partial charge in [-0.25, -0.2) is 0 Å². The van der Waals surface area contributed by atoms with Crippen LogP contribution in [0.5, 0.6) is 5.75 Å². The summed E-state index contributed by atoms with van der Waals surface area (Å²) in [6.45, 7) is 9.00. The Bertz CT molecular complexity index is 629. The molecule has 2 rings (SSSR count). The molecule has 4 nitrogen and oxygen atoms in total. The van der Waals surface area contributed by atoms with Gasteiger partial charge in [0.05, 0.1) is 19.3 Å². The van der Waals surface area contributed by atoms with E-state index in [-0.39, 0.29) is 6.04 Å². The number of hydrogen-bond acceptors (Lipinski definition) is 3. The normalized spacial score (nSPS) is 12.5. The Kier molecular flexibility index (Phi) is 4.68. The minimum Gasteiger partial charge on any atom is -0.496 e. The number of nitrogens with zero attached hydrogens (tertiary/aromatic N) is 2. The molecule has 1 aromatic heterocycles. The van der Waals surface area contributed by atoms with E-state index in [0.717, 1.165) is 30.0 Å². The van der Waals surface area contributed by atoms with Gasteiger partial charge in [-0.2, -0.15) is 5.10 Å². The molecule has 1 atom stereocenters. The third-order valence-electron chi connectivity index (χ3n) is 3.81. The van der Waals surface area contributed by atoms with Gasteiger partial charge >= 0.3 is 0 Å². The van der Waals surface area contributed by atoms with Gasteiger partial charge in [-0.1, -0.05) is 17.7 Å². The van der Waals surface area contributed by atoms with Gasteiger partial charge in [0.1, 0.15) is 5.75 Å². The first-order valence-corrected chi connectivity index (χ1v) is 7.34. The van der Waals surface area contributed by atoms with Crippen molar-refractivity contribution in [3.63, 3.8) is 0 Å². The van der Waals surface area contributed by atoms with Gasteiger partial charge in [-0.15, -0.1) is 0 Å². The maximum atomic E-state index is 5.93. The molecule has 0 bridgehead atoms. The summed E-state index contributed by atoms with van der Waals surface area (Å²) in [7, 11) is 1.71. The van der Waals surface area contributed by atoms with Crippen LogP contribution in [0, 0.1) is 20.8 Å². The fourth-order valence-corrected chi connectivity index (χ4v) is 2.70. The Morgan fingerprint density at radius 1 is 1.29 bits per heavy atom. The Labute approximate surface area is 126 Å². The monoisotopic (exact) mass is 287 g/mol. The highest BCUT2D eigenvalue weighted by atomic mass is 16.5. The molecule has 2 N–H and O–H groups in total. The molecule has 0 fully saturated rings. The van der Waals surface area contributed by atoms with Crippen LogP contribution in [0.25, 0.3) is 0 Å². The summed E-state index contributed by atoms with van der Waals surface area (Å²) >= 11 is 0. The Morgan fingerprint density at radius 3 is 2.62 bits per heavy atom. The second kappa shape index (κ2) is 6.31. The lowest BCUT2D eigenvalue weighted by Gasteiger charge is -2.11. The number of nitrogens with two attached hydrogens (primary N) is 1. The number of benzene rings is 1. The van der Waals surface area contributed by atoms with Crippen molar-refractivity contribution in [1.82, 2.24) is 9.78 Å². The SMILES string of the molecule is COc1ccc(C)cc1Cn1nc(C)c(CC(C)N)c1C. The lowest BCUT2D eigenvalue weighted by molar-refractivity contribution is 0.407. The van der Waals surface area contributed by atoms with Crippen LogP contribution in [0.3, 0.4) is 0 Å². The van der Waals surface area contributed by atoms with Crippen LogP contribution in [-0.4, -0.2) is 22.9 Å². The molecule has 0 aliphatic heterocycles. The van der Waals surface area contributed by atoms with E-state index in [1.54, 1.807) is 7.11 Å². The molecule has 0 radical (unpaired) electrons. The van der Waals surface area contributed by atoms with Crippen LogP contribution in [-0.2, 0) is 13.0 Å². The highest BCUT2D eigenvalue weighted by Crippen LogP contribution is 2.23. The molecular weight excluding hydrogens is 262 g/mol. The Morgan fingerprint density at radius 2 is 2.00 bits per heavy atom. The van der Waals surface area contributed by atoms with Crippen molar-refractivity contribution < 1.29 is 4.74 Å². The molecule has 114 valence electrons. The van der Waals surface area contributed by atoms with E-state index in [4.69, 9.17) is 10.5 Å². The summed E-state index contributed by atoms with van der Waals surface area (Å²) in [4.78, 5) is 0. The fourth-order valence-electron chi connectivity index (χ4n) is 2.70. The van der Waals surface area contributed by atoms with E-state index >= 15 is 0 Å².